The van der Waals surface area contributed by atoms with Crippen LogP contribution in [0.2, 0.25) is 0 Å². The van der Waals surface area contributed by atoms with Crippen LogP contribution in [-0.2, 0) is 0 Å². The molecule has 0 fully saturated rings. The molecule has 2 aromatic rings. The molecule has 0 atom stereocenters. The van der Waals surface area contributed by atoms with E-state index in [1.807, 2.05) is 29.7 Å². The van der Waals surface area contributed by atoms with E-state index in [4.69, 9.17) is 0 Å². The highest BCUT2D eigenvalue weighted by Gasteiger charge is 2.10. The lowest BCUT2D eigenvalue weighted by molar-refractivity contribution is 0.112. The fourth-order valence-electron chi connectivity index (χ4n) is 1.44. The minimum absolute atomic E-state index is 0.678. The minimum Gasteiger partial charge on any atom is -0.298 e. The zero-order valence-electron chi connectivity index (χ0n) is 8.45. The quantitative estimate of drug-likeness (QED) is 0.534. The maximum absolute atomic E-state index is 11.0. The lowest BCUT2D eigenvalue weighted by atomic mass is 10.1. The highest BCUT2D eigenvalue weighted by Crippen LogP contribution is 2.21. The van der Waals surface area contributed by atoms with Gasteiger partial charge >= 0.3 is 0 Å². The summed E-state index contributed by atoms with van der Waals surface area (Å²) in [4.78, 5) is 15.2. The van der Waals surface area contributed by atoms with Crippen molar-refractivity contribution in [3.05, 3.63) is 43.1 Å². The molecule has 5 heteroatoms. The first-order chi connectivity index (χ1) is 7.63. The number of imidazole rings is 1. The average Bonchev–Trinajstić information content (AvgIpc) is 2.60. The summed E-state index contributed by atoms with van der Waals surface area (Å²) in [5, 5.41) is 0. The van der Waals surface area contributed by atoms with Crippen LogP contribution in [-0.4, -0.2) is 15.8 Å². The zero-order valence-corrected chi connectivity index (χ0v) is 12.8. The van der Waals surface area contributed by atoms with E-state index in [9.17, 15) is 4.79 Å². The summed E-state index contributed by atoms with van der Waals surface area (Å²) < 4.78 is 3.89. The van der Waals surface area contributed by atoms with E-state index in [2.05, 4.69) is 50.2 Å². The summed E-state index contributed by atoms with van der Waals surface area (Å²) in [5.74, 6) is 0. The Morgan fingerprint density at radius 1 is 1.38 bits per heavy atom. The number of aldehydes is 1. The van der Waals surface area contributed by atoms with Crippen LogP contribution in [0.5, 0.6) is 0 Å². The Bertz CT molecular complexity index is 549. The molecule has 0 amide bonds. The van der Waals surface area contributed by atoms with Crippen molar-refractivity contribution in [2.75, 3.05) is 0 Å². The second-order valence-electron chi connectivity index (χ2n) is 3.38. The molecule has 2 rings (SSSR count). The molecule has 1 heterocycles. The topological polar surface area (TPSA) is 34.9 Å². The fraction of sp³-hybridized carbons (Fsp3) is 0.0909. The third-order valence-electron chi connectivity index (χ3n) is 2.24. The van der Waals surface area contributed by atoms with Crippen molar-refractivity contribution in [2.45, 2.75) is 6.92 Å². The molecule has 0 bridgehead atoms. The summed E-state index contributed by atoms with van der Waals surface area (Å²) in [7, 11) is 0. The number of aromatic nitrogens is 2. The van der Waals surface area contributed by atoms with E-state index < -0.39 is 0 Å². The zero-order chi connectivity index (χ0) is 11.7. The van der Waals surface area contributed by atoms with E-state index in [-0.39, 0.29) is 0 Å². The first-order valence-electron chi connectivity index (χ1n) is 4.58. The molecule has 0 aliphatic heterocycles. The molecule has 0 N–H and O–H groups in total. The Morgan fingerprint density at radius 2 is 2.12 bits per heavy atom. The van der Waals surface area contributed by atoms with Gasteiger partial charge in [-0.3, -0.25) is 9.36 Å². The smallest absolute Gasteiger partial charge is 0.152 e. The van der Waals surface area contributed by atoms with Gasteiger partial charge in [0, 0.05) is 5.56 Å². The predicted octanol–water partition coefficient (Wildman–Crippen LogP) is 3.20. The van der Waals surface area contributed by atoms with E-state index in [1.54, 1.807) is 6.33 Å². The van der Waals surface area contributed by atoms with Crippen LogP contribution in [0.4, 0.5) is 0 Å². The van der Waals surface area contributed by atoms with Gasteiger partial charge in [-0.05, 0) is 69.8 Å². The number of carbonyl (C=O) groups is 1. The third kappa shape index (κ3) is 2.15. The van der Waals surface area contributed by atoms with Gasteiger partial charge in [-0.15, -0.1) is 0 Å². The summed E-state index contributed by atoms with van der Waals surface area (Å²) >= 11 is 4.40. The first kappa shape index (κ1) is 12.0. The molecule has 0 unspecified atom stereocenters. The lowest BCUT2D eigenvalue weighted by Gasteiger charge is -2.08. The lowest BCUT2D eigenvalue weighted by Crippen LogP contribution is -2.00. The maximum Gasteiger partial charge on any atom is 0.152 e. The number of benzene rings is 1. The first-order valence-corrected chi connectivity index (χ1v) is 6.74. The van der Waals surface area contributed by atoms with Crippen LogP contribution < -0.4 is 0 Å². The van der Waals surface area contributed by atoms with Gasteiger partial charge in [0.05, 0.1) is 5.69 Å². The van der Waals surface area contributed by atoms with Crippen LogP contribution in [0.1, 0.15) is 15.9 Å². The van der Waals surface area contributed by atoms with Gasteiger partial charge in [0.2, 0.25) is 0 Å². The fourth-order valence-corrected chi connectivity index (χ4v) is 2.35. The summed E-state index contributed by atoms with van der Waals surface area (Å²) in [6, 6.07) is 5.76. The molecule has 1 aromatic carbocycles. The summed E-state index contributed by atoms with van der Waals surface area (Å²) in [6.07, 6.45) is 2.61. The molecular formula is C11H8I2N2O. The SMILES string of the molecule is Cc1ccc(C=O)c(-n2cnc(I)c2I)c1. The number of aryl methyl sites for hydroxylation is 1. The van der Waals surface area contributed by atoms with Crippen LogP contribution in [0.25, 0.3) is 5.69 Å². The van der Waals surface area contributed by atoms with Crippen molar-refractivity contribution in [2.24, 2.45) is 0 Å². The molecule has 0 spiro atoms. The summed E-state index contributed by atoms with van der Waals surface area (Å²) in [6.45, 7) is 2.01. The molecule has 0 saturated heterocycles. The highest BCUT2D eigenvalue weighted by molar-refractivity contribution is 14.1. The van der Waals surface area contributed by atoms with Crippen molar-refractivity contribution in [1.29, 1.82) is 0 Å². The van der Waals surface area contributed by atoms with Gasteiger partial charge in [-0.2, -0.15) is 0 Å². The number of hydrogen-bond donors (Lipinski definition) is 0. The van der Waals surface area contributed by atoms with Crippen molar-refractivity contribution in [3.63, 3.8) is 0 Å². The molecule has 16 heavy (non-hydrogen) atoms. The molecular weight excluding hydrogens is 430 g/mol. The number of rotatable bonds is 2. The van der Waals surface area contributed by atoms with Crippen molar-refractivity contribution < 1.29 is 4.79 Å². The maximum atomic E-state index is 11.0. The van der Waals surface area contributed by atoms with E-state index in [1.165, 1.54) is 0 Å². The van der Waals surface area contributed by atoms with Gasteiger partial charge in [-0.25, -0.2) is 4.98 Å². The summed E-state index contributed by atoms with van der Waals surface area (Å²) in [5.41, 5.74) is 2.69. The number of halogens is 2. The molecule has 1 aromatic heterocycles. The second kappa shape index (κ2) is 4.82. The van der Waals surface area contributed by atoms with E-state index >= 15 is 0 Å². The van der Waals surface area contributed by atoms with Crippen LogP contribution in [0.15, 0.2) is 24.5 Å². The number of nitrogens with zero attached hydrogens (tertiary/aromatic N) is 2. The van der Waals surface area contributed by atoms with Crippen LogP contribution in [0, 0.1) is 14.3 Å². The van der Waals surface area contributed by atoms with Gasteiger partial charge < -0.3 is 0 Å². The predicted molar refractivity (Wildman–Crippen MR) is 79.1 cm³/mol. The largest absolute Gasteiger partial charge is 0.298 e. The monoisotopic (exact) mass is 438 g/mol. The molecule has 3 nitrogen and oxygen atoms in total. The molecule has 0 aliphatic carbocycles. The Kier molecular flexibility index (Phi) is 3.63. The Morgan fingerprint density at radius 3 is 2.69 bits per heavy atom. The second-order valence-corrected chi connectivity index (χ2v) is 5.42. The third-order valence-corrected chi connectivity index (χ3v) is 5.09. The Labute approximate surface area is 121 Å². The average molecular weight is 438 g/mol. The molecule has 0 aliphatic rings. The number of hydrogen-bond acceptors (Lipinski definition) is 2. The van der Waals surface area contributed by atoms with Crippen molar-refractivity contribution in [1.82, 2.24) is 9.55 Å². The van der Waals surface area contributed by atoms with Crippen molar-refractivity contribution in [3.8, 4) is 5.69 Å². The number of carbonyl (C=O) groups excluding carboxylic acids is 1. The normalized spacial score (nSPS) is 10.4. The Balaban J connectivity index is 2.67. The highest BCUT2D eigenvalue weighted by atomic mass is 127. The van der Waals surface area contributed by atoms with Crippen molar-refractivity contribution >= 4 is 51.5 Å². The standard InChI is InChI=1S/C11H8I2N2O/c1-7-2-3-8(5-16)9(4-7)15-6-14-10(12)11(15)13/h2-6H,1H3. The minimum atomic E-state index is 0.678. The molecule has 82 valence electrons. The van der Waals surface area contributed by atoms with Gasteiger partial charge in [0.25, 0.3) is 0 Å². The van der Waals surface area contributed by atoms with Gasteiger partial charge in [0.1, 0.15) is 13.7 Å². The molecule has 0 saturated carbocycles. The van der Waals surface area contributed by atoms with Crippen LogP contribution in [0.3, 0.4) is 0 Å². The van der Waals surface area contributed by atoms with E-state index in [0.717, 1.165) is 24.9 Å². The van der Waals surface area contributed by atoms with Crippen LogP contribution >= 0.6 is 45.2 Å². The van der Waals surface area contributed by atoms with E-state index in [0.29, 0.717) is 5.56 Å². The Hall–Kier alpha value is -0.440. The van der Waals surface area contributed by atoms with Gasteiger partial charge in [-0.1, -0.05) is 6.07 Å². The molecule has 0 radical (unpaired) electrons. The van der Waals surface area contributed by atoms with Gasteiger partial charge in [0.15, 0.2) is 6.29 Å².